The van der Waals surface area contributed by atoms with Crippen molar-refractivity contribution < 1.29 is 13.2 Å². The van der Waals surface area contributed by atoms with Gasteiger partial charge in [0, 0.05) is 10.9 Å². The van der Waals surface area contributed by atoms with E-state index >= 15 is 0 Å². The summed E-state index contributed by atoms with van der Waals surface area (Å²) in [6.45, 7) is -0.190. The molecule has 0 spiro atoms. The second-order valence-electron chi connectivity index (χ2n) is 3.62. The number of amides is 1. The minimum absolute atomic E-state index is 0.0188. The van der Waals surface area contributed by atoms with Gasteiger partial charge in [0.2, 0.25) is 0 Å². The first-order valence-corrected chi connectivity index (χ1v) is 7.40. The number of sulfonamides is 1. The van der Waals surface area contributed by atoms with Gasteiger partial charge in [-0.3, -0.25) is 4.79 Å². The monoisotopic (exact) mass is 305 g/mol. The lowest BCUT2D eigenvalue weighted by Crippen LogP contribution is -2.31. The van der Waals surface area contributed by atoms with Crippen LogP contribution in [0.1, 0.15) is 10.4 Å². The molecule has 4 nitrogen and oxygen atoms in total. The van der Waals surface area contributed by atoms with Gasteiger partial charge < -0.3 is 0 Å². The SMILES string of the molecule is O=C1c2ccccc2S(=O)(=O)N1C/C(Cl)=C\CCl. The molecule has 0 aromatic heterocycles. The predicted octanol–water partition coefficient (Wildman–Crippen LogP) is 2.19. The van der Waals surface area contributed by atoms with E-state index in [-0.39, 0.29) is 27.9 Å². The standard InChI is InChI=1S/C11H9Cl2NO3S/c12-6-5-8(13)7-14-11(15)9-3-1-2-4-10(9)18(14,16)17/h1-5H,6-7H2/b8-5+. The van der Waals surface area contributed by atoms with Crippen molar-refractivity contribution in [2.75, 3.05) is 12.4 Å². The summed E-state index contributed by atoms with van der Waals surface area (Å²) in [4.78, 5) is 12.0. The molecule has 18 heavy (non-hydrogen) atoms. The maximum atomic E-state index is 12.1. The number of hydrogen-bond donors (Lipinski definition) is 0. The van der Waals surface area contributed by atoms with E-state index in [0.717, 1.165) is 4.31 Å². The number of fused-ring (bicyclic) bond motifs is 1. The minimum Gasteiger partial charge on any atom is -0.268 e. The van der Waals surface area contributed by atoms with E-state index in [9.17, 15) is 13.2 Å². The van der Waals surface area contributed by atoms with E-state index in [1.807, 2.05) is 0 Å². The van der Waals surface area contributed by atoms with Gasteiger partial charge in [-0.25, -0.2) is 12.7 Å². The minimum atomic E-state index is -3.79. The van der Waals surface area contributed by atoms with Crippen molar-refractivity contribution in [3.63, 3.8) is 0 Å². The van der Waals surface area contributed by atoms with Crippen LogP contribution < -0.4 is 0 Å². The Labute approximate surface area is 115 Å². The van der Waals surface area contributed by atoms with Crippen LogP contribution in [0.3, 0.4) is 0 Å². The van der Waals surface area contributed by atoms with Crippen molar-refractivity contribution in [2.45, 2.75) is 4.90 Å². The quantitative estimate of drug-likeness (QED) is 0.804. The van der Waals surface area contributed by atoms with Gasteiger partial charge in [0.15, 0.2) is 0 Å². The lowest BCUT2D eigenvalue weighted by Gasteiger charge is -2.14. The van der Waals surface area contributed by atoms with Crippen LogP contribution in [0.4, 0.5) is 0 Å². The van der Waals surface area contributed by atoms with Crippen LogP contribution >= 0.6 is 23.2 Å². The molecule has 2 rings (SSSR count). The number of carbonyl (C=O) groups excluding carboxylic acids is 1. The molecule has 1 aliphatic heterocycles. The predicted molar refractivity (Wildman–Crippen MR) is 69.3 cm³/mol. The Kier molecular flexibility index (Phi) is 3.66. The number of nitrogens with zero attached hydrogens (tertiary/aromatic N) is 1. The number of hydrogen-bond acceptors (Lipinski definition) is 3. The molecule has 1 heterocycles. The van der Waals surface area contributed by atoms with E-state index in [1.165, 1.54) is 18.2 Å². The normalized spacial score (nSPS) is 18.0. The van der Waals surface area contributed by atoms with Crippen molar-refractivity contribution in [1.29, 1.82) is 0 Å². The number of carbonyl (C=O) groups is 1. The highest BCUT2D eigenvalue weighted by Gasteiger charge is 2.40. The summed E-state index contributed by atoms with van der Waals surface area (Å²) < 4.78 is 25.0. The lowest BCUT2D eigenvalue weighted by molar-refractivity contribution is 0.0880. The molecule has 0 N–H and O–H groups in total. The van der Waals surface area contributed by atoms with Crippen molar-refractivity contribution in [1.82, 2.24) is 4.31 Å². The van der Waals surface area contributed by atoms with Crippen LogP contribution in [0, 0.1) is 0 Å². The molecule has 0 unspecified atom stereocenters. The van der Waals surface area contributed by atoms with Crippen molar-refractivity contribution in [2.24, 2.45) is 0 Å². The maximum absolute atomic E-state index is 12.1. The molecule has 0 fully saturated rings. The number of allylic oxidation sites excluding steroid dienone is 1. The molecular weight excluding hydrogens is 297 g/mol. The van der Waals surface area contributed by atoms with Gasteiger partial charge in [0.1, 0.15) is 4.90 Å². The van der Waals surface area contributed by atoms with Crippen LogP contribution in [-0.4, -0.2) is 31.1 Å². The van der Waals surface area contributed by atoms with Crippen LogP contribution in [0.25, 0.3) is 0 Å². The molecule has 0 atom stereocenters. The van der Waals surface area contributed by atoms with E-state index in [1.54, 1.807) is 12.1 Å². The fourth-order valence-electron chi connectivity index (χ4n) is 1.67. The first kappa shape index (κ1) is 13.4. The smallest absolute Gasteiger partial charge is 0.268 e. The van der Waals surface area contributed by atoms with Gasteiger partial charge in [-0.05, 0) is 12.1 Å². The van der Waals surface area contributed by atoms with Crippen LogP contribution in [0.2, 0.25) is 0 Å². The molecule has 0 saturated heterocycles. The number of rotatable bonds is 3. The lowest BCUT2D eigenvalue weighted by atomic mass is 10.2. The highest BCUT2D eigenvalue weighted by Crippen LogP contribution is 2.30. The number of alkyl halides is 1. The van der Waals surface area contributed by atoms with Crippen molar-refractivity contribution in [3.05, 3.63) is 40.9 Å². The molecule has 96 valence electrons. The number of halogens is 2. The van der Waals surface area contributed by atoms with E-state index in [0.29, 0.717) is 0 Å². The third-order valence-electron chi connectivity index (χ3n) is 2.51. The largest absolute Gasteiger partial charge is 0.269 e. The zero-order chi connectivity index (χ0) is 13.3. The van der Waals surface area contributed by atoms with Crippen LogP contribution in [0.5, 0.6) is 0 Å². The van der Waals surface area contributed by atoms with Gasteiger partial charge in [0.25, 0.3) is 15.9 Å². The van der Waals surface area contributed by atoms with Gasteiger partial charge in [-0.1, -0.05) is 29.8 Å². The zero-order valence-electron chi connectivity index (χ0n) is 9.14. The van der Waals surface area contributed by atoms with E-state index in [4.69, 9.17) is 23.2 Å². The van der Waals surface area contributed by atoms with Crippen LogP contribution in [0.15, 0.2) is 40.3 Å². The molecule has 0 bridgehead atoms. The van der Waals surface area contributed by atoms with Gasteiger partial charge >= 0.3 is 0 Å². The molecule has 7 heteroatoms. The molecule has 0 saturated carbocycles. The van der Waals surface area contributed by atoms with Gasteiger partial charge in [-0.2, -0.15) is 0 Å². The van der Waals surface area contributed by atoms with E-state index in [2.05, 4.69) is 0 Å². The molecule has 0 aliphatic carbocycles. The van der Waals surface area contributed by atoms with Crippen LogP contribution in [-0.2, 0) is 10.0 Å². The molecule has 1 aromatic rings. The Morgan fingerprint density at radius 2 is 2.00 bits per heavy atom. The first-order valence-electron chi connectivity index (χ1n) is 5.05. The fourth-order valence-corrected chi connectivity index (χ4v) is 3.75. The average molecular weight is 306 g/mol. The van der Waals surface area contributed by atoms with Gasteiger partial charge in [-0.15, -0.1) is 11.6 Å². The summed E-state index contributed by atoms with van der Waals surface area (Å²) in [5.74, 6) is -0.403. The Hall–Kier alpha value is -1.04. The third-order valence-corrected chi connectivity index (χ3v) is 4.72. The molecule has 1 amide bonds. The van der Waals surface area contributed by atoms with E-state index < -0.39 is 15.9 Å². The Balaban J connectivity index is 2.43. The summed E-state index contributed by atoms with van der Waals surface area (Å²) in [7, 11) is -3.79. The highest BCUT2D eigenvalue weighted by molar-refractivity contribution is 7.90. The first-order chi connectivity index (χ1) is 8.48. The molecule has 1 aliphatic rings. The summed E-state index contributed by atoms with van der Waals surface area (Å²) in [5, 5.41) is 0.217. The second-order valence-corrected chi connectivity index (χ2v) is 6.24. The Morgan fingerprint density at radius 3 is 2.61 bits per heavy atom. The fraction of sp³-hybridized carbons (Fsp3) is 0.182. The van der Waals surface area contributed by atoms with Crippen molar-refractivity contribution >= 4 is 39.1 Å². The third kappa shape index (κ3) is 2.13. The highest BCUT2D eigenvalue weighted by atomic mass is 35.5. The summed E-state index contributed by atoms with van der Waals surface area (Å²) in [6.07, 6.45) is 1.45. The average Bonchev–Trinajstić information content (AvgIpc) is 2.52. The summed E-state index contributed by atoms with van der Waals surface area (Å²) in [5.41, 5.74) is 0.174. The molecular formula is C11H9Cl2NO3S. The number of benzene rings is 1. The molecule has 0 radical (unpaired) electrons. The maximum Gasteiger partial charge on any atom is 0.269 e. The zero-order valence-corrected chi connectivity index (χ0v) is 11.5. The Morgan fingerprint density at radius 1 is 1.33 bits per heavy atom. The Bertz CT molecular complexity index is 625. The summed E-state index contributed by atoms with van der Waals surface area (Å²) >= 11 is 11.3. The van der Waals surface area contributed by atoms with Crippen molar-refractivity contribution in [3.8, 4) is 0 Å². The summed E-state index contributed by atoms with van der Waals surface area (Å²) in [6, 6.07) is 6.07. The van der Waals surface area contributed by atoms with Gasteiger partial charge in [0.05, 0.1) is 12.1 Å². The second kappa shape index (κ2) is 4.91. The topological polar surface area (TPSA) is 54.5 Å². The molecule has 1 aromatic carbocycles.